The third-order valence-electron chi connectivity index (χ3n) is 3.46. The third-order valence-corrected chi connectivity index (χ3v) is 3.46. The van der Waals surface area contributed by atoms with Gasteiger partial charge in [-0.25, -0.2) is 0 Å². The lowest BCUT2D eigenvalue weighted by molar-refractivity contribution is -0.122. The van der Waals surface area contributed by atoms with Crippen LogP contribution in [-0.2, 0) is 9.59 Å². The van der Waals surface area contributed by atoms with Crippen LogP contribution >= 0.6 is 12.4 Å². The fourth-order valence-corrected chi connectivity index (χ4v) is 2.37. The number of nitrogens with one attached hydrogen (secondary N) is 3. The maximum absolute atomic E-state index is 11.6. The fraction of sp³-hybridized carbons (Fsp3) is 0.857. The predicted octanol–water partition coefficient (Wildman–Crippen LogP) is 1.22. The van der Waals surface area contributed by atoms with E-state index in [0.717, 1.165) is 26.1 Å². The van der Waals surface area contributed by atoms with E-state index < -0.39 is 0 Å². The highest BCUT2D eigenvalue weighted by atomic mass is 35.5. The van der Waals surface area contributed by atoms with Gasteiger partial charge in [0.05, 0.1) is 0 Å². The van der Waals surface area contributed by atoms with Gasteiger partial charge >= 0.3 is 0 Å². The molecule has 0 aromatic heterocycles. The van der Waals surface area contributed by atoms with Crippen molar-refractivity contribution in [2.75, 3.05) is 26.2 Å². The van der Waals surface area contributed by atoms with Crippen molar-refractivity contribution in [2.24, 2.45) is 5.92 Å². The van der Waals surface area contributed by atoms with Gasteiger partial charge in [0.15, 0.2) is 0 Å². The van der Waals surface area contributed by atoms with E-state index in [1.807, 2.05) is 6.92 Å². The Balaban J connectivity index is 0.00000361. The number of hydrogen-bond donors (Lipinski definition) is 3. The Morgan fingerprint density at radius 1 is 1.20 bits per heavy atom. The minimum absolute atomic E-state index is 0. The van der Waals surface area contributed by atoms with Crippen molar-refractivity contribution in [3.63, 3.8) is 0 Å². The summed E-state index contributed by atoms with van der Waals surface area (Å²) < 4.78 is 0. The molecule has 1 heterocycles. The second-order valence-electron chi connectivity index (χ2n) is 5.16. The number of hydrogen-bond acceptors (Lipinski definition) is 3. The van der Waals surface area contributed by atoms with Crippen LogP contribution in [0.5, 0.6) is 0 Å². The maximum atomic E-state index is 11.6. The molecule has 0 spiro atoms. The highest BCUT2D eigenvalue weighted by Gasteiger charge is 2.12. The summed E-state index contributed by atoms with van der Waals surface area (Å²) >= 11 is 0. The van der Waals surface area contributed by atoms with Gasteiger partial charge in [0.25, 0.3) is 0 Å². The summed E-state index contributed by atoms with van der Waals surface area (Å²) in [4.78, 5) is 22.8. The second kappa shape index (κ2) is 12.0. The summed E-state index contributed by atoms with van der Waals surface area (Å²) in [6, 6.07) is 0. The minimum atomic E-state index is 0. The van der Waals surface area contributed by atoms with E-state index in [4.69, 9.17) is 0 Å². The molecule has 0 saturated carbocycles. The van der Waals surface area contributed by atoms with Crippen molar-refractivity contribution in [3.8, 4) is 0 Å². The first-order valence-electron chi connectivity index (χ1n) is 7.46. The number of amides is 2. The van der Waals surface area contributed by atoms with E-state index in [9.17, 15) is 9.59 Å². The number of carbonyl (C=O) groups excluding carboxylic acids is 2. The molecule has 5 nitrogen and oxygen atoms in total. The molecule has 0 bridgehead atoms. The van der Waals surface area contributed by atoms with Crippen LogP contribution in [0.1, 0.15) is 45.4 Å². The molecule has 20 heavy (non-hydrogen) atoms. The Hall–Kier alpha value is -0.810. The Kier molecular flexibility index (Phi) is 11.5. The van der Waals surface area contributed by atoms with Crippen LogP contribution in [0, 0.1) is 5.92 Å². The number of rotatable bonds is 8. The lowest BCUT2D eigenvalue weighted by Gasteiger charge is -2.22. The number of halogens is 1. The second-order valence-corrected chi connectivity index (χ2v) is 5.16. The lowest BCUT2D eigenvalue weighted by atomic mass is 9.96. The molecule has 0 aromatic rings. The van der Waals surface area contributed by atoms with Gasteiger partial charge in [-0.1, -0.05) is 0 Å². The molecule has 1 atom stereocenters. The van der Waals surface area contributed by atoms with Gasteiger partial charge in [-0.05, 0) is 51.6 Å². The first kappa shape index (κ1) is 19.2. The van der Waals surface area contributed by atoms with E-state index in [1.54, 1.807) is 0 Å². The molecule has 1 fully saturated rings. The summed E-state index contributed by atoms with van der Waals surface area (Å²) in [7, 11) is 0. The van der Waals surface area contributed by atoms with Gasteiger partial charge in [-0.2, -0.15) is 0 Å². The fourth-order valence-electron chi connectivity index (χ4n) is 2.37. The molecule has 1 aliphatic rings. The van der Waals surface area contributed by atoms with Gasteiger partial charge in [0.1, 0.15) is 0 Å². The lowest BCUT2D eigenvalue weighted by Crippen LogP contribution is -2.33. The van der Waals surface area contributed by atoms with Crippen LogP contribution < -0.4 is 16.0 Å². The molecule has 1 unspecified atom stereocenters. The molecule has 0 aliphatic carbocycles. The molecule has 6 heteroatoms. The Morgan fingerprint density at radius 3 is 2.50 bits per heavy atom. The number of carbonyl (C=O) groups is 2. The SMILES string of the molecule is CCNC(=O)CCCC(=O)NCCC1CCCNC1.Cl. The maximum Gasteiger partial charge on any atom is 0.220 e. The average molecular weight is 306 g/mol. The van der Waals surface area contributed by atoms with Gasteiger partial charge in [0.2, 0.25) is 11.8 Å². The van der Waals surface area contributed by atoms with E-state index in [2.05, 4.69) is 16.0 Å². The average Bonchev–Trinajstić information content (AvgIpc) is 2.40. The van der Waals surface area contributed by atoms with Gasteiger partial charge < -0.3 is 16.0 Å². The predicted molar refractivity (Wildman–Crippen MR) is 83.0 cm³/mol. The molecular formula is C14H28ClN3O2. The molecule has 1 rings (SSSR count). The molecule has 2 amide bonds. The summed E-state index contributed by atoms with van der Waals surface area (Å²) in [6.07, 6.45) is 5.07. The molecule has 0 aromatic carbocycles. The van der Waals surface area contributed by atoms with Crippen LogP contribution in [0.2, 0.25) is 0 Å². The zero-order valence-electron chi connectivity index (χ0n) is 12.4. The molecule has 1 aliphatic heterocycles. The Morgan fingerprint density at radius 2 is 1.90 bits per heavy atom. The quantitative estimate of drug-likeness (QED) is 0.631. The Bertz CT molecular complexity index is 282. The smallest absolute Gasteiger partial charge is 0.220 e. The largest absolute Gasteiger partial charge is 0.356 e. The van der Waals surface area contributed by atoms with Crippen molar-refractivity contribution < 1.29 is 9.59 Å². The standard InChI is InChI=1S/C14H27N3O2.ClH/c1-2-16-13(18)6-3-7-14(19)17-10-8-12-5-4-9-15-11-12;/h12,15H,2-11H2,1H3,(H,16,18)(H,17,19);1H. The summed E-state index contributed by atoms with van der Waals surface area (Å²) in [5, 5.41) is 9.04. The molecular weight excluding hydrogens is 278 g/mol. The minimum Gasteiger partial charge on any atom is -0.356 e. The first-order chi connectivity index (χ1) is 9.22. The van der Waals surface area contributed by atoms with E-state index >= 15 is 0 Å². The summed E-state index contributed by atoms with van der Waals surface area (Å²) in [6.45, 7) is 5.51. The molecule has 0 radical (unpaired) electrons. The topological polar surface area (TPSA) is 70.2 Å². The van der Waals surface area contributed by atoms with E-state index in [-0.39, 0.29) is 24.2 Å². The first-order valence-corrected chi connectivity index (χ1v) is 7.46. The van der Waals surface area contributed by atoms with Crippen LogP contribution in [0.25, 0.3) is 0 Å². The third kappa shape index (κ3) is 9.15. The van der Waals surface area contributed by atoms with E-state index in [1.165, 1.54) is 12.8 Å². The van der Waals surface area contributed by atoms with E-state index in [0.29, 0.717) is 31.7 Å². The zero-order chi connectivity index (χ0) is 13.9. The summed E-state index contributed by atoms with van der Waals surface area (Å²) in [5.74, 6) is 0.793. The van der Waals surface area contributed by atoms with Crippen molar-refractivity contribution >= 4 is 24.2 Å². The van der Waals surface area contributed by atoms with Crippen molar-refractivity contribution in [1.29, 1.82) is 0 Å². The van der Waals surface area contributed by atoms with Crippen LogP contribution in [0.3, 0.4) is 0 Å². The van der Waals surface area contributed by atoms with Crippen LogP contribution in [0.4, 0.5) is 0 Å². The number of piperidine rings is 1. The van der Waals surface area contributed by atoms with Gasteiger partial charge in [0, 0.05) is 25.9 Å². The monoisotopic (exact) mass is 305 g/mol. The highest BCUT2D eigenvalue weighted by Crippen LogP contribution is 2.12. The van der Waals surface area contributed by atoms with Crippen LogP contribution in [0.15, 0.2) is 0 Å². The Labute approximate surface area is 128 Å². The van der Waals surface area contributed by atoms with Crippen molar-refractivity contribution in [2.45, 2.75) is 45.4 Å². The summed E-state index contributed by atoms with van der Waals surface area (Å²) in [5.41, 5.74) is 0. The van der Waals surface area contributed by atoms with Crippen molar-refractivity contribution in [1.82, 2.24) is 16.0 Å². The van der Waals surface area contributed by atoms with Crippen LogP contribution in [-0.4, -0.2) is 38.0 Å². The van der Waals surface area contributed by atoms with Gasteiger partial charge in [-0.15, -0.1) is 12.4 Å². The molecule has 1 saturated heterocycles. The zero-order valence-corrected chi connectivity index (χ0v) is 13.2. The molecule has 3 N–H and O–H groups in total. The van der Waals surface area contributed by atoms with Crippen molar-refractivity contribution in [3.05, 3.63) is 0 Å². The molecule has 118 valence electrons. The normalized spacial score (nSPS) is 17.9. The van der Waals surface area contributed by atoms with Gasteiger partial charge in [-0.3, -0.25) is 9.59 Å². The highest BCUT2D eigenvalue weighted by molar-refractivity contribution is 5.85.